The molecule has 1 aliphatic rings. The van der Waals surface area contributed by atoms with Crippen LogP contribution in [0.2, 0.25) is 0 Å². The first kappa shape index (κ1) is 16.2. The Morgan fingerprint density at radius 1 is 1.22 bits per heavy atom. The predicted molar refractivity (Wildman–Crippen MR) is 92.2 cm³/mol. The number of hydrogen-bond acceptors (Lipinski definition) is 3. The summed E-state index contributed by atoms with van der Waals surface area (Å²) in [5.74, 6) is 0. The van der Waals surface area contributed by atoms with Gasteiger partial charge in [-0.3, -0.25) is 9.58 Å². The van der Waals surface area contributed by atoms with Crippen LogP contribution in [0.25, 0.3) is 0 Å². The second-order valence-electron chi connectivity index (χ2n) is 6.75. The van der Waals surface area contributed by atoms with Crippen LogP contribution < -0.4 is 0 Å². The van der Waals surface area contributed by atoms with Gasteiger partial charge in [-0.2, -0.15) is 5.10 Å². The minimum atomic E-state index is 0.127. The van der Waals surface area contributed by atoms with Crippen molar-refractivity contribution < 1.29 is 5.11 Å². The van der Waals surface area contributed by atoms with Gasteiger partial charge in [-0.05, 0) is 74.0 Å². The van der Waals surface area contributed by atoms with E-state index in [2.05, 4.69) is 36.8 Å². The van der Waals surface area contributed by atoms with Gasteiger partial charge in [0.05, 0.1) is 13.2 Å². The van der Waals surface area contributed by atoms with E-state index >= 15 is 0 Å². The van der Waals surface area contributed by atoms with E-state index in [9.17, 15) is 5.11 Å². The van der Waals surface area contributed by atoms with Crippen molar-refractivity contribution in [3.05, 3.63) is 52.3 Å². The predicted octanol–water partition coefficient (Wildman–Crippen LogP) is 2.97. The molecule has 1 aromatic carbocycles. The van der Waals surface area contributed by atoms with E-state index in [1.807, 2.05) is 23.1 Å². The average molecular weight is 313 g/mol. The third kappa shape index (κ3) is 3.33. The highest BCUT2D eigenvalue weighted by molar-refractivity contribution is 5.44. The molecule has 0 bridgehead atoms. The molecule has 0 radical (unpaired) electrons. The normalized spacial score (nSPS) is 18.7. The van der Waals surface area contributed by atoms with Gasteiger partial charge in [0, 0.05) is 25.0 Å². The fourth-order valence-corrected chi connectivity index (χ4v) is 3.90. The largest absolute Gasteiger partial charge is 0.392 e. The summed E-state index contributed by atoms with van der Waals surface area (Å²) in [6, 6.07) is 4.75. The molecule has 0 unspecified atom stereocenters. The van der Waals surface area contributed by atoms with Crippen LogP contribution in [0, 0.1) is 20.8 Å². The molecule has 1 atom stereocenters. The van der Waals surface area contributed by atoms with E-state index in [0.29, 0.717) is 6.04 Å². The number of likely N-dealkylation sites (tertiary alicyclic amines) is 1. The van der Waals surface area contributed by atoms with E-state index in [1.165, 1.54) is 35.1 Å². The quantitative estimate of drug-likeness (QED) is 0.922. The third-order valence-corrected chi connectivity index (χ3v) is 5.27. The Labute approximate surface area is 138 Å². The molecule has 3 rings (SSSR count). The van der Waals surface area contributed by atoms with Crippen molar-refractivity contribution in [2.75, 3.05) is 6.54 Å². The van der Waals surface area contributed by atoms with Gasteiger partial charge in [0.25, 0.3) is 0 Å². The molecule has 4 heteroatoms. The third-order valence-electron chi connectivity index (χ3n) is 5.27. The van der Waals surface area contributed by atoms with Gasteiger partial charge < -0.3 is 5.11 Å². The number of hydrogen-bond donors (Lipinski definition) is 1. The van der Waals surface area contributed by atoms with Crippen molar-refractivity contribution in [3.8, 4) is 0 Å². The summed E-state index contributed by atoms with van der Waals surface area (Å²) >= 11 is 0. The van der Waals surface area contributed by atoms with Gasteiger partial charge in [0.2, 0.25) is 0 Å². The molecule has 1 aliphatic heterocycles. The SMILES string of the molecule is Cc1cc(C)c(CN2CCC[C@@H]2Cn2cccn2)c(C)c1CO. The lowest BCUT2D eigenvalue weighted by Crippen LogP contribution is -2.33. The fraction of sp³-hybridized carbons (Fsp3) is 0.526. The lowest BCUT2D eigenvalue weighted by atomic mass is 9.93. The van der Waals surface area contributed by atoms with Crippen LogP contribution in [-0.4, -0.2) is 32.4 Å². The molecule has 124 valence electrons. The van der Waals surface area contributed by atoms with E-state index in [4.69, 9.17) is 0 Å². The van der Waals surface area contributed by atoms with Crippen molar-refractivity contribution in [2.24, 2.45) is 0 Å². The topological polar surface area (TPSA) is 41.3 Å². The second kappa shape index (κ2) is 6.85. The van der Waals surface area contributed by atoms with Gasteiger partial charge >= 0.3 is 0 Å². The molecule has 0 spiro atoms. The van der Waals surface area contributed by atoms with Crippen molar-refractivity contribution in [3.63, 3.8) is 0 Å². The molecule has 0 amide bonds. The van der Waals surface area contributed by atoms with Crippen LogP contribution >= 0.6 is 0 Å². The highest BCUT2D eigenvalue weighted by Crippen LogP contribution is 2.27. The molecule has 1 aromatic heterocycles. The Morgan fingerprint density at radius 2 is 2.00 bits per heavy atom. The minimum Gasteiger partial charge on any atom is -0.392 e. The lowest BCUT2D eigenvalue weighted by Gasteiger charge is -2.27. The Hall–Kier alpha value is -1.65. The number of aryl methyl sites for hydroxylation is 2. The maximum atomic E-state index is 9.67. The first-order valence-corrected chi connectivity index (χ1v) is 8.51. The number of nitrogens with zero attached hydrogens (tertiary/aromatic N) is 3. The van der Waals surface area contributed by atoms with Gasteiger partial charge in [0.1, 0.15) is 0 Å². The van der Waals surface area contributed by atoms with E-state index in [-0.39, 0.29) is 6.61 Å². The smallest absolute Gasteiger partial charge is 0.0687 e. The summed E-state index contributed by atoms with van der Waals surface area (Å²) < 4.78 is 2.04. The molecule has 1 N–H and O–H groups in total. The van der Waals surface area contributed by atoms with Crippen LogP contribution in [0.1, 0.15) is 40.7 Å². The first-order valence-electron chi connectivity index (χ1n) is 8.51. The molecular formula is C19H27N3O. The first-order chi connectivity index (χ1) is 11.1. The Bertz CT molecular complexity index is 664. The summed E-state index contributed by atoms with van der Waals surface area (Å²) in [4.78, 5) is 2.58. The van der Waals surface area contributed by atoms with Crippen LogP contribution in [0.15, 0.2) is 24.5 Å². The van der Waals surface area contributed by atoms with Gasteiger partial charge in [-0.15, -0.1) is 0 Å². The molecule has 2 heterocycles. The molecule has 1 saturated heterocycles. The highest BCUT2D eigenvalue weighted by atomic mass is 16.3. The molecule has 23 heavy (non-hydrogen) atoms. The second-order valence-corrected chi connectivity index (χ2v) is 6.75. The summed E-state index contributed by atoms with van der Waals surface area (Å²) in [5, 5.41) is 14.0. The molecule has 0 saturated carbocycles. The zero-order valence-corrected chi connectivity index (χ0v) is 14.4. The van der Waals surface area contributed by atoms with Gasteiger partial charge in [-0.25, -0.2) is 0 Å². The molecular weight excluding hydrogens is 286 g/mol. The standard InChI is InChI=1S/C19H27N3O/c1-14-10-15(2)19(13-23)16(3)18(14)12-21-8-4-6-17(21)11-22-9-5-7-20-22/h5,7,9-10,17,23H,4,6,8,11-13H2,1-3H3/t17-/m1/s1. The summed E-state index contributed by atoms with van der Waals surface area (Å²) in [6.45, 7) is 9.63. The number of benzene rings is 1. The van der Waals surface area contributed by atoms with Gasteiger partial charge in [0.15, 0.2) is 0 Å². The average Bonchev–Trinajstić information content (AvgIpc) is 3.16. The minimum absolute atomic E-state index is 0.127. The van der Waals surface area contributed by atoms with Crippen LogP contribution in [0.4, 0.5) is 0 Å². The number of aromatic nitrogens is 2. The van der Waals surface area contributed by atoms with E-state index < -0.39 is 0 Å². The van der Waals surface area contributed by atoms with E-state index in [0.717, 1.165) is 25.2 Å². The molecule has 0 aliphatic carbocycles. The molecule has 2 aromatic rings. The van der Waals surface area contributed by atoms with Crippen molar-refractivity contribution in [1.82, 2.24) is 14.7 Å². The Balaban J connectivity index is 1.80. The number of rotatable bonds is 5. The zero-order chi connectivity index (χ0) is 16.4. The summed E-state index contributed by atoms with van der Waals surface area (Å²) in [5.41, 5.74) is 6.26. The summed E-state index contributed by atoms with van der Waals surface area (Å²) in [7, 11) is 0. The number of aliphatic hydroxyl groups excluding tert-OH is 1. The van der Waals surface area contributed by atoms with Crippen molar-refractivity contribution in [1.29, 1.82) is 0 Å². The fourth-order valence-electron chi connectivity index (χ4n) is 3.90. The Morgan fingerprint density at radius 3 is 2.70 bits per heavy atom. The zero-order valence-electron chi connectivity index (χ0n) is 14.4. The van der Waals surface area contributed by atoms with Crippen LogP contribution in [0.3, 0.4) is 0 Å². The van der Waals surface area contributed by atoms with Crippen LogP contribution in [0.5, 0.6) is 0 Å². The molecule has 1 fully saturated rings. The van der Waals surface area contributed by atoms with E-state index in [1.54, 1.807) is 0 Å². The molecule has 4 nitrogen and oxygen atoms in total. The number of aliphatic hydroxyl groups is 1. The lowest BCUT2D eigenvalue weighted by molar-refractivity contribution is 0.218. The monoisotopic (exact) mass is 313 g/mol. The van der Waals surface area contributed by atoms with Crippen molar-refractivity contribution in [2.45, 2.75) is 59.4 Å². The maximum absolute atomic E-state index is 9.67. The maximum Gasteiger partial charge on any atom is 0.0687 e. The van der Waals surface area contributed by atoms with Crippen molar-refractivity contribution >= 4 is 0 Å². The van der Waals surface area contributed by atoms with Gasteiger partial charge in [-0.1, -0.05) is 6.07 Å². The summed E-state index contributed by atoms with van der Waals surface area (Å²) in [6.07, 6.45) is 6.38. The Kier molecular flexibility index (Phi) is 4.83. The van der Waals surface area contributed by atoms with Crippen LogP contribution in [-0.2, 0) is 19.7 Å². The highest BCUT2D eigenvalue weighted by Gasteiger charge is 2.26.